The van der Waals surface area contributed by atoms with E-state index < -0.39 is 0 Å². The molecule has 0 aliphatic heterocycles. The molecule has 0 aliphatic carbocycles. The van der Waals surface area contributed by atoms with Gasteiger partial charge in [-0.25, -0.2) is 4.39 Å². The number of aromatic nitrogens is 2. The summed E-state index contributed by atoms with van der Waals surface area (Å²) in [6.45, 7) is 2.84. The molecule has 1 atom stereocenters. The lowest BCUT2D eigenvalue weighted by Crippen LogP contribution is -2.26. The van der Waals surface area contributed by atoms with Crippen LogP contribution in [0.2, 0.25) is 0 Å². The summed E-state index contributed by atoms with van der Waals surface area (Å²) >= 11 is 0. The monoisotopic (exact) mass is 249 g/mol. The summed E-state index contributed by atoms with van der Waals surface area (Å²) in [4.78, 5) is 0. The van der Waals surface area contributed by atoms with Crippen molar-refractivity contribution in [2.75, 3.05) is 7.05 Å². The standard InChI is InChI=1S/C13H16FN3O/c1-10(15-2)8-17-9-13(7-16-17)18-12-5-3-11(14)4-6-12/h3-7,9-10,15H,8H2,1-2H3. The zero-order valence-electron chi connectivity index (χ0n) is 10.4. The maximum Gasteiger partial charge on any atom is 0.165 e. The van der Waals surface area contributed by atoms with E-state index in [1.165, 1.54) is 12.1 Å². The van der Waals surface area contributed by atoms with Crippen molar-refractivity contribution in [1.82, 2.24) is 15.1 Å². The van der Waals surface area contributed by atoms with E-state index in [1.807, 2.05) is 13.2 Å². The quantitative estimate of drug-likeness (QED) is 0.884. The van der Waals surface area contributed by atoms with E-state index in [4.69, 9.17) is 4.74 Å². The predicted octanol–water partition coefficient (Wildman–Crippen LogP) is 2.42. The summed E-state index contributed by atoms with van der Waals surface area (Å²) in [5, 5.41) is 7.33. The van der Waals surface area contributed by atoms with Gasteiger partial charge in [0, 0.05) is 6.04 Å². The van der Waals surface area contributed by atoms with Gasteiger partial charge >= 0.3 is 0 Å². The number of halogens is 1. The molecule has 0 aliphatic rings. The number of hydrogen-bond donors (Lipinski definition) is 1. The highest BCUT2D eigenvalue weighted by Crippen LogP contribution is 2.20. The van der Waals surface area contributed by atoms with E-state index >= 15 is 0 Å². The van der Waals surface area contributed by atoms with Gasteiger partial charge in [0.15, 0.2) is 5.75 Å². The van der Waals surface area contributed by atoms with Gasteiger partial charge in [-0.15, -0.1) is 0 Å². The Balaban J connectivity index is 2.00. The minimum absolute atomic E-state index is 0.277. The molecule has 1 heterocycles. The van der Waals surface area contributed by atoms with Crippen LogP contribution in [0.15, 0.2) is 36.7 Å². The number of likely N-dealkylation sites (N-methyl/N-ethyl adjacent to an activating group) is 1. The van der Waals surface area contributed by atoms with Crippen LogP contribution in [0.1, 0.15) is 6.92 Å². The Hall–Kier alpha value is -1.88. The fraction of sp³-hybridized carbons (Fsp3) is 0.308. The smallest absolute Gasteiger partial charge is 0.165 e. The summed E-state index contributed by atoms with van der Waals surface area (Å²) in [7, 11) is 1.91. The second kappa shape index (κ2) is 5.64. The van der Waals surface area contributed by atoms with Crippen molar-refractivity contribution in [3.8, 4) is 11.5 Å². The molecule has 0 saturated carbocycles. The summed E-state index contributed by atoms with van der Waals surface area (Å²) in [6, 6.07) is 6.24. The molecule has 0 saturated heterocycles. The van der Waals surface area contributed by atoms with Crippen LogP contribution >= 0.6 is 0 Å². The Morgan fingerprint density at radius 2 is 2.06 bits per heavy atom. The fourth-order valence-corrected chi connectivity index (χ4v) is 1.51. The minimum Gasteiger partial charge on any atom is -0.454 e. The highest BCUT2D eigenvalue weighted by Gasteiger charge is 2.04. The van der Waals surface area contributed by atoms with Crippen molar-refractivity contribution in [3.63, 3.8) is 0 Å². The summed E-state index contributed by atoms with van der Waals surface area (Å²) in [6.07, 6.45) is 3.46. The molecule has 0 bridgehead atoms. The Morgan fingerprint density at radius 3 is 2.72 bits per heavy atom. The molecular formula is C13H16FN3O. The third-order valence-electron chi connectivity index (χ3n) is 2.61. The molecule has 2 rings (SSSR count). The van der Waals surface area contributed by atoms with E-state index in [9.17, 15) is 4.39 Å². The average molecular weight is 249 g/mol. The summed E-state index contributed by atoms with van der Waals surface area (Å²) in [5.41, 5.74) is 0. The SMILES string of the molecule is CNC(C)Cn1cc(Oc2ccc(F)cc2)cn1. The van der Waals surface area contributed by atoms with Crippen molar-refractivity contribution >= 4 is 0 Å². The van der Waals surface area contributed by atoms with E-state index in [-0.39, 0.29) is 5.82 Å². The van der Waals surface area contributed by atoms with Crippen molar-refractivity contribution in [2.45, 2.75) is 19.5 Å². The molecule has 5 heteroatoms. The van der Waals surface area contributed by atoms with Crippen LogP contribution in [-0.4, -0.2) is 22.9 Å². The lowest BCUT2D eigenvalue weighted by atomic mass is 10.3. The Morgan fingerprint density at radius 1 is 1.33 bits per heavy atom. The van der Waals surface area contributed by atoms with Gasteiger partial charge in [0.2, 0.25) is 0 Å². The number of ether oxygens (including phenoxy) is 1. The van der Waals surface area contributed by atoms with Crippen LogP contribution in [0.4, 0.5) is 4.39 Å². The molecule has 0 amide bonds. The maximum absolute atomic E-state index is 12.7. The zero-order chi connectivity index (χ0) is 13.0. The molecule has 1 N–H and O–H groups in total. The number of nitrogens with one attached hydrogen (secondary N) is 1. The van der Waals surface area contributed by atoms with Gasteiger partial charge in [-0.2, -0.15) is 5.10 Å². The van der Waals surface area contributed by atoms with Crippen LogP contribution in [0.5, 0.6) is 11.5 Å². The van der Waals surface area contributed by atoms with E-state index in [0.29, 0.717) is 17.5 Å². The zero-order valence-corrected chi connectivity index (χ0v) is 10.4. The van der Waals surface area contributed by atoms with Gasteiger partial charge < -0.3 is 10.1 Å². The van der Waals surface area contributed by atoms with Crippen LogP contribution in [0, 0.1) is 5.82 Å². The molecule has 18 heavy (non-hydrogen) atoms. The summed E-state index contributed by atoms with van der Waals surface area (Å²) < 4.78 is 20.1. The number of benzene rings is 1. The Bertz CT molecular complexity index is 495. The molecule has 1 unspecified atom stereocenters. The van der Waals surface area contributed by atoms with Gasteiger partial charge in [-0.1, -0.05) is 0 Å². The second-order valence-electron chi connectivity index (χ2n) is 4.14. The van der Waals surface area contributed by atoms with Crippen LogP contribution in [-0.2, 0) is 6.54 Å². The van der Waals surface area contributed by atoms with Crippen molar-refractivity contribution in [1.29, 1.82) is 0 Å². The average Bonchev–Trinajstić information content (AvgIpc) is 2.79. The first-order valence-electron chi connectivity index (χ1n) is 5.80. The highest BCUT2D eigenvalue weighted by molar-refractivity contribution is 5.28. The number of nitrogens with zero attached hydrogens (tertiary/aromatic N) is 2. The van der Waals surface area contributed by atoms with Crippen LogP contribution in [0.25, 0.3) is 0 Å². The van der Waals surface area contributed by atoms with Crippen LogP contribution in [0.3, 0.4) is 0 Å². The number of rotatable bonds is 5. The molecule has 1 aromatic carbocycles. The molecular weight excluding hydrogens is 233 g/mol. The van der Waals surface area contributed by atoms with E-state index in [2.05, 4.69) is 17.3 Å². The fourth-order valence-electron chi connectivity index (χ4n) is 1.51. The lowest BCUT2D eigenvalue weighted by molar-refractivity contribution is 0.467. The van der Waals surface area contributed by atoms with Crippen molar-refractivity contribution in [2.24, 2.45) is 0 Å². The largest absolute Gasteiger partial charge is 0.454 e. The second-order valence-corrected chi connectivity index (χ2v) is 4.14. The molecule has 96 valence electrons. The van der Waals surface area contributed by atoms with Gasteiger partial charge in [0.25, 0.3) is 0 Å². The van der Waals surface area contributed by atoms with Crippen molar-refractivity contribution < 1.29 is 9.13 Å². The normalized spacial score (nSPS) is 12.4. The first kappa shape index (κ1) is 12.6. The minimum atomic E-state index is -0.277. The molecule has 2 aromatic rings. The molecule has 0 fully saturated rings. The van der Waals surface area contributed by atoms with E-state index in [0.717, 1.165) is 6.54 Å². The number of hydrogen-bond acceptors (Lipinski definition) is 3. The molecule has 0 spiro atoms. The first-order valence-corrected chi connectivity index (χ1v) is 5.80. The predicted molar refractivity (Wildman–Crippen MR) is 67.2 cm³/mol. The van der Waals surface area contributed by atoms with Gasteiger partial charge in [-0.3, -0.25) is 4.68 Å². The Kier molecular flexibility index (Phi) is 3.94. The Labute approximate surface area is 105 Å². The topological polar surface area (TPSA) is 39.1 Å². The molecule has 4 nitrogen and oxygen atoms in total. The van der Waals surface area contributed by atoms with Gasteiger partial charge in [-0.05, 0) is 38.2 Å². The molecule has 0 radical (unpaired) electrons. The van der Waals surface area contributed by atoms with Crippen molar-refractivity contribution in [3.05, 3.63) is 42.5 Å². The van der Waals surface area contributed by atoms with Gasteiger partial charge in [0.1, 0.15) is 11.6 Å². The lowest BCUT2D eigenvalue weighted by Gasteiger charge is -2.09. The highest BCUT2D eigenvalue weighted by atomic mass is 19.1. The van der Waals surface area contributed by atoms with Gasteiger partial charge in [0.05, 0.1) is 18.9 Å². The maximum atomic E-state index is 12.7. The third-order valence-corrected chi connectivity index (χ3v) is 2.61. The third kappa shape index (κ3) is 3.30. The van der Waals surface area contributed by atoms with Crippen LogP contribution < -0.4 is 10.1 Å². The van der Waals surface area contributed by atoms with E-state index in [1.54, 1.807) is 23.0 Å². The summed E-state index contributed by atoms with van der Waals surface area (Å²) in [5.74, 6) is 0.961. The first-order chi connectivity index (χ1) is 8.67. The molecule has 1 aromatic heterocycles.